The average molecular weight is 414 g/mol. The molecule has 0 bridgehead atoms. The molecular weight excluding hydrogens is 398 g/mol. The maximum absolute atomic E-state index is 13.2. The van der Waals surface area contributed by atoms with E-state index in [9.17, 15) is 18.3 Å². The summed E-state index contributed by atoms with van der Waals surface area (Å²) in [6, 6.07) is 17.0. The zero-order valence-corrected chi connectivity index (χ0v) is 16.5. The minimum absolute atomic E-state index is 0.00694. The molecule has 3 aromatic rings. The number of sulfonamides is 1. The topological polar surface area (TPSA) is 74.7 Å². The monoisotopic (exact) mass is 413 g/mol. The fourth-order valence-electron chi connectivity index (χ4n) is 3.44. The number of fused-ring (bicyclic) bond motifs is 2. The number of likely N-dealkylation sites (N-methyl/N-ethyl adjacent to an activating group) is 1. The van der Waals surface area contributed by atoms with Gasteiger partial charge in [-0.15, -0.1) is 0 Å². The summed E-state index contributed by atoms with van der Waals surface area (Å²) in [4.78, 5) is 13.0. The predicted octanol–water partition coefficient (Wildman–Crippen LogP) is 4.63. The molecule has 0 amide bonds. The van der Waals surface area contributed by atoms with E-state index in [1.54, 1.807) is 25.1 Å². The Morgan fingerprint density at radius 1 is 1.04 bits per heavy atom. The number of aliphatic hydroxyl groups excluding tert-OH is 1. The first-order valence-corrected chi connectivity index (χ1v) is 10.5. The van der Waals surface area contributed by atoms with Gasteiger partial charge in [0.2, 0.25) is 5.78 Å². The van der Waals surface area contributed by atoms with Crippen LogP contribution in [0.2, 0.25) is 5.02 Å². The molecule has 0 saturated heterocycles. The fourth-order valence-corrected chi connectivity index (χ4v) is 5.45. The number of hydrogen-bond donors (Lipinski definition) is 1. The summed E-state index contributed by atoms with van der Waals surface area (Å²) in [6.45, 7) is 1.60. The third-order valence-electron chi connectivity index (χ3n) is 4.77. The van der Waals surface area contributed by atoms with E-state index >= 15 is 0 Å². The molecular formula is C21H16ClNO4S. The van der Waals surface area contributed by atoms with Gasteiger partial charge in [0.25, 0.3) is 10.0 Å². The molecule has 1 aliphatic heterocycles. The van der Waals surface area contributed by atoms with E-state index in [1.165, 1.54) is 18.2 Å². The number of allylic oxidation sites excluding steroid dienone is 1. The summed E-state index contributed by atoms with van der Waals surface area (Å²) in [7, 11) is -4.02. The van der Waals surface area contributed by atoms with Crippen LogP contribution in [0.15, 0.2) is 71.3 Å². The fraction of sp³-hybridized carbons (Fsp3) is 0.0952. The van der Waals surface area contributed by atoms with Gasteiger partial charge in [-0.1, -0.05) is 54.1 Å². The Kier molecular flexibility index (Phi) is 4.40. The van der Waals surface area contributed by atoms with Gasteiger partial charge in [-0.05, 0) is 35.9 Å². The standard InChI is InChI=1S/C21H16ClNO4S/c1-2-23-19(20(24)15-11-10-13-6-3-4-7-14(13)12-15)21(25)18-16(22)8-5-9-17(18)28(23,26)27/h3-12,24H,2H2,1H3/b20-19+. The van der Waals surface area contributed by atoms with Crippen LogP contribution in [0.1, 0.15) is 22.8 Å². The molecule has 0 unspecified atom stereocenters. The summed E-state index contributed by atoms with van der Waals surface area (Å²) >= 11 is 6.14. The molecule has 142 valence electrons. The number of benzene rings is 3. The number of aliphatic hydroxyl groups is 1. The van der Waals surface area contributed by atoms with Gasteiger partial charge in [0.05, 0.1) is 10.6 Å². The number of ketones is 1. The van der Waals surface area contributed by atoms with Crippen molar-refractivity contribution in [2.75, 3.05) is 6.54 Å². The molecule has 1 heterocycles. The van der Waals surface area contributed by atoms with Gasteiger partial charge < -0.3 is 5.11 Å². The summed E-state index contributed by atoms with van der Waals surface area (Å²) < 4.78 is 27.1. The number of halogens is 1. The predicted molar refractivity (Wildman–Crippen MR) is 109 cm³/mol. The Hall–Kier alpha value is -2.83. The van der Waals surface area contributed by atoms with Crippen molar-refractivity contribution >= 4 is 43.9 Å². The minimum atomic E-state index is -4.02. The van der Waals surface area contributed by atoms with E-state index in [4.69, 9.17) is 11.6 Å². The SMILES string of the molecule is CCN1/C(=C(/O)c2ccc3ccccc3c2)C(=O)c2c(Cl)cccc2S1(=O)=O. The highest BCUT2D eigenvalue weighted by atomic mass is 35.5. The Bertz CT molecular complexity index is 1260. The van der Waals surface area contributed by atoms with Crippen molar-refractivity contribution in [3.05, 3.63) is 82.5 Å². The van der Waals surface area contributed by atoms with Crippen LogP contribution in [0.3, 0.4) is 0 Å². The first-order valence-electron chi connectivity index (χ1n) is 8.64. The van der Waals surface area contributed by atoms with Crippen LogP contribution in [-0.2, 0) is 10.0 Å². The van der Waals surface area contributed by atoms with Crippen molar-refractivity contribution in [2.24, 2.45) is 0 Å². The van der Waals surface area contributed by atoms with Gasteiger partial charge in [-0.2, -0.15) is 0 Å². The highest BCUT2D eigenvalue weighted by Gasteiger charge is 2.42. The van der Waals surface area contributed by atoms with E-state index in [1.807, 2.05) is 24.3 Å². The maximum Gasteiger partial charge on any atom is 0.265 e. The molecule has 0 aromatic heterocycles. The molecule has 0 aliphatic carbocycles. The number of Topliss-reactive ketones (excluding diaryl/α,β-unsaturated/α-hetero) is 1. The van der Waals surface area contributed by atoms with Crippen LogP contribution in [0.25, 0.3) is 16.5 Å². The first-order chi connectivity index (χ1) is 13.4. The molecule has 1 N–H and O–H groups in total. The van der Waals surface area contributed by atoms with Crippen LogP contribution in [0.5, 0.6) is 0 Å². The molecule has 1 aliphatic rings. The van der Waals surface area contributed by atoms with Crippen molar-refractivity contribution < 1.29 is 18.3 Å². The van der Waals surface area contributed by atoms with E-state index < -0.39 is 21.6 Å². The highest BCUT2D eigenvalue weighted by molar-refractivity contribution is 7.89. The second-order valence-corrected chi connectivity index (χ2v) is 8.61. The van der Waals surface area contributed by atoms with E-state index in [-0.39, 0.29) is 27.7 Å². The van der Waals surface area contributed by atoms with Crippen LogP contribution in [0, 0.1) is 0 Å². The summed E-state index contributed by atoms with van der Waals surface area (Å²) in [5.74, 6) is -1.02. The second kappa shape index (κ2) is 6.65. The Balaban J connectivity index is 2.01. The van der Waals surface area contributed by atoms with Crippen molar-refractivity contribution in [1.29, 1.82) is 0 Å². The molecule has 4 rings (SSSR count). The normalized spacial score (nSPS) is 17.5. The van der Waals surface area contributed by atoms with Crippen LogP contribution in [-0.4, -0.2) is 30.2 Å². The maximum atomic E-state index is 13.2. The van der Waals surface area contributed by atoms with Gasteiger partial charge in [0.1, 0.15) is 10.6 Å². The molecule has 0 spiro atoms. The average Bonchev–Trinajstić information content (AvgIpc) is 2.69. The van der Waals surface area contributed by atoms with Crippen molar-refractivity contribution in [3.8, 4) is 0 Å². The van der Waals surface area contributed by atoms with E-state index in [0.29, 0.717) is 5.56 Å². The largest absolute Gasteiger partial charge is 0.505 e. The third kappa shape index (κ3) is 2.68. The molecule has 0 saturated carbocycles. The number of carbonyl (C=O) groups excluding carboxylic acids is 1. The quantitative estimate of drug-likeness (QED) is 0.491. The summed E-state index contributed by atoms with van der Waals surface area (Å²) in [5.41, 5.74) is -0.0548. The number of carbonyl (C=O) groups is 1. The molecule has 7 heteroatoms. The van der Waals surface area contributed by atoms with Crippen molar-refractivity contribution in [2.45, 2.75) is 11.8 Å². The lowest BCUT2D eigenvalue weighted by Gasteiger charge is -2.31. The van der Waals surface area contributed by atoms with Crippen LogP contribution in [0.4, 0.5) is 0 Å². The lowest BCUT2D eigenvalue weighted by atomic mass is 10.0. The van der Waals surface area contributed by atoms with Gasteiger partial charge >= 0.3 is 0 Å². The highest BCUT2D eigenvalue weighted by Crippen LogP contribution is 2.38. The lowest BCUT2D eigenvalue weighted by Crippen LogP contribution is -2.39. The molecule has 5 nitrogen and oxygen atoms in total. The zero-order chi connectivity index (χ0) is 20.1. The van der Waals surface area contributed by atoms with Gasteiger partial charge in [0, 0.05) is 12.1 Å². The molecule has 0 radical (unpaired) electrons. The zero-order valence-electron chi connectivity index (χ0n) is 14.9. The number of hydrogen-bond acceptors (Lipinski definition) is 4. The van der Waals surface area contributed by atoms with Gasteiger partial charge in [-0.25, -0.2) is 8.42 Å². The first kappa shape index (κ1) is 18.5. The van der Waals surface area contributed by atoms with E-state index in [0.717, 1.165) is 15.1 Å². The Morgan fingerprint density at radius 3 is 2.46 bits per heavy atom. The Labute approximate surface area is 167 Å². The third-order valence-corrected chi connectivity index (χ3v) is 7.00. The van der Waals surface area contributed by atoms with Crippen LogP contribution >= 0.6 is 11.6 Å². The number of rotatable bonds is 2. The van der Waals surface area contributed by atoms with Crippen molar-refractivity contribution in [3.63, 3.8) is 0 Å². The minimum Gasteiger partial charge on any atom is -0.505 e. The van der Waals surface area contributed by atoms with E-state index in [2.05, 4.69) is 0 Å². The Morgan fingerprint density at radius 2 is 1.75 bits per heavy atom. The van der Waals surface area contributed by atoms with Crippen LogP contribution < -0.4 is 0 Å². The molecule has 0 atom stereocenters. The summed E-state index contributed by atoms with van der Waals surface area (Å²) in [5, 5.41) is 12.8. The van der Waals surface area contributed by atoms with Gasteiger partial charge in [0.15, 0.2) is 5.76 Å². The van der Waals surface area contributed by atoms with Gasteiger partial charge in [-0.3, -0.25) is 9.10 Å². The molecule has 0 fully saturated rings. The molecule has 28 heavy (non-hydrogen) atoms. The van der Waals surface area contributed by atoms with Crippen molar-refractivity contribution in [1.82, 2.24) is 4.31 Å². The summed E-state index contributed by atoms with van der Waals surface area (Å²) in [6.07, 6.45) is 0. The molecule has 3 aromatic carbocycles. The lowest BCUT2D eigenvalue weighted by molar-refractivity contribution is 0.0999. The number of nitrogens with zero attached hydrogens (tertiary/aromatic N) is 1. The smallest absolute Gasteiger partial charge is 0.265 e. The second-order valence-electron chi connectivity index (χ2n) is 6.37.